The lowest BCUT2D eigenvalue weighted by Crippen LogP contribution is -2.23. The predicted octanol–water partition coefficient (Wildman–Crippen LogP) is 0.818. The Morgan fingerprint density at radius 2 is 1.46 bits per heavy atom. The van der Waals surface area contributed by atoms with Crippen LogP contribution in [0.1, 0.15) is 0 Å². The van der Waals surface area contributed by atoms with Crippen LogP contribution in [0.15, 0.2) is 9.98 Å². The molecular formula is C6HF3N4. The first-order valence-electron chi connectivity index (χ1n) is 3.02. The summed E-state index contributed by atoms with van der Waals surface area (Å²) in [7, 11) is 0. The quantitative estimate of drug-likeness (QED) is 0.561. The molecule has 0 amide bonds. The van der Waals surface area contributed by atoms with E-state index in [0.29, 0.717) is 0 Å². The first-order chi connectivity index (χ1) is 5.99. The Hall–Kier alpha value is -1.89. The normalized spacial score (nSPS) is 17.3. The highest BCUT2D eigenvalue weighted by Crippen LogP contribution is 2.26. The third-order valence-corrected chi connectivity index (χ3v) is 1.23. The van der Waals surface area contributed by atoms with Crippen molar-refractivity contribution in [3.05, 3.63) is 0 Å². The largest absolute Gasteiger partial charge is 0.431 e. The lowest BCUT2D eigenvalue weighted by molar-refractivity contribution is -0.144. The molecule has 0 aromatic carbocycles. The van der Waals surface area contributed by atoms with Gasteiger partial charge in [-0.2, -0.15) is 23.7 Å². The van der Waals surface area contributed by atoms with Crippen molar-refractivity contribution >= 4 is 11.4 Å². The molecule has 0 saturated carbocycles. The molecular weight excluding hydrogens is 185 g/mol. The molecule has 0 saturated heterocycles. The van der Waals surface area contributed by atoms with Gasteiger partial charge in [0.25, 0.3) is 0 Å². The number of hydrogen-bond donors (Lipinski definition) is 0. The number of alkyl halides is 3. The average Bonchev–Trinajstić information content (AvgIpc) is 2.45. The van der Waals surface area contributed by atoms with Gasteiger partial charge in [0, 0.05) is 0 Å². The molecule has 1 aliphatic heterocycles. The average molecular weight is 186 g/mol. The lowest BCUT2D eigenvalue weighted by Gasteiger charge is -2.06. The fraction of sp³-hybridized carbons (Fsp3) is 0.333. The SMILES string of the molecule is N#CC1=NC(C(F)(F)F)N=C1C#N. The van der Waals surface area contributed by atoms with Crippen molar-refractivity contribution in [3.63, 3.8) is 0 Å². The van der Waals surface area contributed by atoms with Crippen molar-refractivity contribution in [2.45, 2.75) is 12.3 Å². The molecule has 0 bridgehead atoms. The van der Waals surface area contributed by atoms with E-state index in [9.17, 15) is 13.2 Å². The van der Waals surface area contributed by atoms with E-state index in [1.165, 1.54) is 12.1 Å². The highest BCUT2D eigenvalue weighted by molar-refractivity contribution is 6.54. The van der Waals surface area contributed by atoms with Crippen LogP contribution in [-0.2, 0) is 0 Å². The van der Waals surface area contributed by atoms with Gasteiger partial charge in [-0.15, -0.1) is 0 Å². The standard InChI is InChI=1S/C6HF3N4/c7-6(8,9)5-12-3(1-10)4(2-11)13-5/h5H. The second kappa shape index (κ2) is 2.87. The number of aliphatic imine (C=N–C) groups is 2. The van der Waals surface area contributed by atoms with Gasteiger partial charge < -0.3 is 0 Å². The first-order valence-corrected chi connectivity index (χ1v) is 3.02. The summed E-state index contributed by atoms with van der Waals surface area (Å²) in [6, 6.07) is 2.73. The second-order valence-electron chi connectivity index (χ2n) is 2.09. The maximum atomic E-state index is 11.9. The second-order valence-corrected chi connectivity index (χ2v) is 2.09. The Morgan fingerprint density at radius 1 is 1.08 bits per heavy atom. The van der Waals surface area contributed by atoms with Crippen LogP contribution in [0.2, 0.25) is 0 Å². The minimum absolute atomic E-state index is 0.565. The van der Waals surface area contributed by atoms with Crippen LogP contribution in [-0.4, -0.2) is 23.8 Å². The van der Waals surface area contributed by atoms with E-state index in [1.807, 2.05) is 0 Å². The third-order valence-electron chi connectivity index (χ3n) is 1.23. The summed E-state index contributed by atoms with van der Waals surface area (Å²) < 4.78 is 35.8. The summed E-state index contributed by atoms with van der Waals surface area (Å²) in [6.07, 6.45) is -6.93. The van der Waals surface area contributed by atoms with Gasteiger partial charge in [0.15, 0.2) is 11.4 Å². The van der Waals surface area contributed by atoms with E-state index in [2.05, 4.69) is 9.98 Å². The lowest BCUT2D eigenvalue weighted by atomic mass is 10.3. The summed E-state index contributed by atoms with van der Waals surface area (Å²) >= 11 is 0. The van der Waals surface area contributed by atoms with Crippen LogP contribution in [0.3, 0.4) is 0 Å². The first kappa shape index (κ1) is 9.20. The van der Waals surface area contributed by atoms with Gasteiger partial charge in [-0.05, 0) is 0 Å². The van der Waals surface area contributed by atoms with Crippen molar-refractivity contribution in [3.8, 4) is 12.1 Å². The predicted molar refractivity (Wildman–Crippen MR) is 35.9 cm³/mol. The van der Waals surface area contributed by atoms with Gasteiger partial charge in [-0.3, -0.25) is 0 Å². The van der Waals surface area contributed by atoms with Crippen LogP contribution in [0.4, 0.5) is 13.2 Å². The van der Waals surface area contributed by atoms with Crippen LogP contribution in [0, 0.1) is 22.7 Å². The Bertz CT molecular complexity index is 335. The molecule has 0 radical (unpaired) electrons. The van der Waals surface area contributed by atoms with Crippen LogP contribution in [0.5, 0.6) is 0 Å². The van der Waals surface area contributed by atoms with Crippen molar-refractivity contribution in [2.75, 3.05) is 0 Å². The van der Waals surface area contributed by atoms with E-state index in [1.54, 1.807) is 0 Å². The molecule has 0 fully saturated rings. The number of halogens is 3. The fourth-order valence-corrected chi connectivity index (χ4v) is 0.706. The Labute approximate surface area is 70.6 Å². The zero-order valence-electron chi connectivity index (χ0n) is 6.00. The number of nitrogens with zero attached hydrogens (tertiary/aromatic N) is 4. The highest BCUT2D eigenvalue weighted by Gasteiger charge is 2.43. The van der Waals surface area contributed by atoms with E-state index < -0.39 is 23.8 Å². The minimum Gasteiger partial charge on any atom is -0.235 e. The van der Waals surface area contributed by atoms with E-state index in [4.69, 9.17) is 10.5 Å². The number of hydrogen-bond acceptors (Lipinski definition) is 4. The molecule has 0 atom stereocenters. The molecule has 0 aromatic rings. The molecule has 0 spiro atoms. The van der Waals surface area contributed by atoms with Gasteiger partial charge in [0.2, 0.25) is 6.17 Å². The molecule has 66 valence electrons. The van der Waals surface area contributed by atoms with Crippen LogP contribution < -0.4 is 0 Å². The maximum Gasteiger partial charge on any atom is 0.431 e. The zero-order chi connectivity index (χ0) is 10.1. The van der Waals surface area contributed by atoms with Crippen molar-refractivity contribution in [2.24, 2.45) is 9.98 Å². The smallest absolute Gasteiger partial charge is 0.235 e. The summed E-state index contributed by atoms with van der Waals surface area (Å²) in [5.41, 5.74) is -1.13. The van der Waals surface area contributed by atoms with E-state index >= 15 is 0 Å². The molecule has 7 heteroatoms. The van der Waals surface area contributed by atoms with Crippen molar-refractivity contribution < 1.29 is 13.2 Å². The van der Waals surface area contributed by atoms with E-state index in [-0.39, 0.29) is 0 Å². The fourth-order valence-electron chi connectivity index (χ4n) is 0.706. The molecule has 13 heavy (non-hydrogen) atoms. The molecule has 1 aliphatic rings. The summed E-state index contributed by atoms with van der Waals surface area (Å²) in [4.78, 5) is 5.87. The number of rotatable bonds is 0. The molecule has 0 aliphatic carbocycles. The molecule has 4 nitrogen and oxygen atoms in total. The third kappa shape index (κ3) is 1.64. The van der Waals surface area contributed by atoms with E-state index in [0.717, 1.165) is 0 Å². The Balaban J connectivity index is 3.04. The van der Waals surface area contributed by atoms with Gasteiger partial charge in [0.1, 0.15) is 12.1 Å². The zero-order valence-corrected chi connectivity index (χ0v) is 6.00. The molecule has 0 unspecified atom stereocenters. The molecule has 1 rings (SSSR count). The van der Waals surface area contributed by atoms with Crippen molar-refractivity contribution in [1.29, 1.82) is 10.5 Å². The number of nitriles is 2. The van der Waals surface area contributed by atoms with Gasteiger partial charge in [0.05, 0.1) is 0 Å². The monoisotopic (exact) mass is 186 g/mol. The highest BCUT2D eigenvalue weighted by atomic mass is 19.4. The van der Waals surface area contributed by atoms with Gasteiger partial charge in [-0.1, -0.05) is 0 Å². The Kier molecular flexibility index (Phi) is 2.03. The summed E-state index contributed by atoms with van der Waals surface area (Å²) in [5.74, 6) is 0. The summed E-state index contributed by atoms with van der Waals surface area (Å²) in [5, 5.41) is 16.5. The maximum absolute atomic E-state index is 11.9. The topological polar surface area (TPSA) is 72.3 Å². The molecule has 0 N–H and O–H groups in total. The molecule has 0 aromatic heterocycles. The molecule has 1 heterocycles. The summed E-state index contributed by atoms with van der Waals surface area (Å²) in [6.45, 7) is 0. The van der Waals surface area contributed by atoms with Crippen LogP contribution >= 0.6 is 0 Å². The van der Waals surface area contributed by atoms with Gasteiger partial charge >= 0.3 is 6.18 Å². The van der Waals surface area contributed by atoms with Crippen LogP contribution in [0.25, 0.3) is 0 Å². The minimum atomic E-state index is -4.64. The van der Waals surface area contributed by atoms with Crippen molar-refractivity contribution in [1.82, 2.24) is 0 Å². The Morgan fingerprint density at radius 3 is 1.69 bits per heavy atom. The van der Waals surface area contributed by atoms with Gasteiger partial charge in [-0.25, -0.2) is 9.98 Å².